The first-order valence-electron chi connectivity index (χ1n) is 14.9. The first kappa shape index (κ1) is 29.3. The van der Waals surface area contributed by atoms with Crippen LogP contribution in [0.2, 0.25) is 0 Å². The Hall–Kier alpha value is -3.24. The van der Waals surface area contributed by atoms with E-state index in [-0.39, 0.29) is 0 Å². The fourth-order valence-corrected chi connectivity index (χ4v) is 6.40. The van der Waals surface area contributed by atoms with Crippen molar-refractivity contribution in [2.45, 2.75) is 72.1 Å². The van der Waals surface area contributed by atoms with E-state index >= 15 is 0 Å². The second kappa shape index (κ2) is 12.3. The highest BCUT2D eigenvalue weighted by atomic mass is 16.5. The van der Waals surface area contributed by atoms with E-state index in [0.29, 0.717) is 48.9 Å². The van der Waals surface area contributed by atoms with Crippen molar-refractivity contribution in [2.24, 2.45) is 17.3 Å². The van der Waals surface area contributed by atoms with Crippen LogP contribution in [-0.2, 0) is 17.8 Å². The third-order valence-corrected chi connectivity index (χ3v) is 9.28. The fraction of sp³-hybridized carbons (Fsp3) is 0.613. The normalized spacial score (nSPS) is 26.5. The number of ether oxygens (including phenoxy) is 1. The summed E-state index contributed by atoms with van der Waals surface area (Å²) in [5, 5.41) is 24.7. The van der Waals surface area contributed by atoms with Gasteiger partial charge in [-0.05, 0) is 61.6 Å². The first-order chi connectivity index (χ1) is 19.6. The Morgan fingerprint density at radius 2 is 2.05 bits per heavy atom. The molecule has 0 unspecified atom stereocenters. The Morgan fingerprint density at radius 3 is 2.80 bits per heavy atom. The number of allylic oxidation sites excluding steroid dienone is 1. The van der Waals surface area contributed by atoms with Gasteiger partial charge in [0.1, 0.15) is 11.8 Å². The molecule has 2 amide bonds. The molecule has 0 saturated heterocycles. The van der Waals surface area contributed by atoms with Crippen LogP contribution in [0.15, 0.2) is 36.0 Å². The lowest BCUT2D eigenvalue weighted by molar-refractivity contribution is -0.125. The van der Waals surface area contributed by atoms with Gasteiger partial charge >= 0.3 is 0 Å². The average Bonchev–Trinajstić information content (AvgIpc) is 3.40. The molecule has 0 spiro atoms. The maximum Gasteiger partial charge on any atom is 0.252 e. The Bertz CT molecular complexity index is 1290. The summed E-state index contributed by atoms with van der Waals surface area (Å²) in [4.78, 5) is 28.6. The molecule has 1 fully saturated rings. The quantitative estimate of drug-likeness (QED) is 0.490. The highest BCUT2D eigenvalue weighted by Crippen LogP contribution is 2.59. The van der Waals surface area contributed by atoms with Gasteiger partial charge in [-0.25, -0.2) is 0 Å². The predicted molar refractivity (Wildman–Crippen MR) is 155 cm³/mol. The second-order valence-electron chi connectivity index (χ2n) is 12.5. The Kier molecular flexibility index (Phi) is 8.79. The molecule has 3 N–H and O–H groups in total. The van der Waals surface area contributed by atoms with Crippen LogP contribution < -0.4 is 15.4 Å². The van der Waals surface area contributed by atoms with Crippen LogP contribution >= 0.6 is 0 Å². The number of nitrogens with zero attached hydrogens (tertiary/aromatic N) is 4. The third kappa shape index (κ3) is 6.64. The van der Waals surface area contributed by atoms with Crippen molar-refractivity contribution < 1.29 is 19.4 Å². The summed E-state index contributed by atoms with van der Waals surface area (Å²) in [5.41, 5.74) is 4.06. The molecule has 4 atom stereocenters. The number of rotatable bonds is 3. The van der Waals surface area contributed by atoms with E-state index in [1.165, 1.54) is 18.9 Å². The molecule has 1 saturated carbocycles. The van der Waals surface area contributed by atoms with Crippen molar-refractivity contribution >= 4 is 11.8 Å². The van der Waals surface area contributed by atoms with Crippen molar-refractivity contribution in [1.29, 1.82) is 0 Å². The summed E-state index contributed by atoms with van der Waals surface area (Å²) in [7, 11) is 0. The van der Waals surface area contributed by atoms with Crippen LogP contribution in [-0.4, -0.2) is 81.7 Å². The van der Waals surface area contributed by atoms with Crippen LogP contribution in [0.5, 0.6) is 5.75 Å². The lowest BCUT2D eigenvalue weighted by atomic mass is 9.49. The van der Waals surface area contributed by atoms with Crippen molar-refractivity contribution in [3.05, 3.63) is 52.9 Å². The van der Waals surface area contributed by atoms with Crippen LogP contribution in [0.25, 0.3) is 0 Å². The number of aliphatic hydroxyl groups is 1. The number of carbonyl (C=O) groups excluding carboxylic acids is 2. The summed E-state index contributed by atoms with van der Waals surface area (Å²) in [6, 6.07) is 4.12. The lowest BCUT2D eigenvalue weighted by Crippen LogP contribution is -2.53. The largest absolute Gasteiger partial charge is 0.493 e. The molecule has 0 radical (unpaired) electrons. The Balaban J connectivity index is 1.32. The molecule has 2 aromatic rings. The fourth-order valence-electron chi connectivity index (χ4n) is 6.40. The number of amides is 2. The summed E-state index contributed by atoms with van der Waals surface area (Å²) in [6.45, 7) is 12.0. The molecule has 1 aromatic heterocycles. The first-order valence-corrected chi connectivity index (χ1v) is 14.9. The molecule has 1 aliphatic heterocycles. The molecule has 6 bridgehead atoms. The van der Waals surface area contributed by atoms with Gasteiger partial charge in [-0.2, -0.15) is 0 Å². The maximum absolute atomic E-state index is 13.1. The zero-order chi connectivity index (χ0) is 29.1. The van der Waals surface area contributed by atoms with Crippen LogP contribution in [0.1, 0.15) is 61.6 Å². The lowest BCUT2D eigenvalue weighted by Gasteiger charge is -2.57. The predicted octanol–water partition coefficient (Wildman–Crippen LogP) is 2.50. The van der Waals surface area contributed by atoms with Gasteiger partial charge in [0, 0.05) is 57.3 Å². The minimum absolute atomic E-state index is 0.347. The highest BCUT2D eigenvalue weighted by Gasteiger charge is 2.51. The van der Waals surface area contributed by atoms with Crippen LogP contribution in [0.4, 0.5) is 0 Å². The standard InChI is InChI=1S/C31H44N6O4/c1-20-6-7-22-16-27(20)41-15-5-12-37-19-25(34-35-37)10-13-36(18-23-8-9-24-17-26(23)31(24,3)4)14-11-32-30(40)28(21(2)38)33-29(22)39/h6-8,16,19,21,24,26,28,38H,5,9-15,17-18H2,1-4H3,(H,32,40)(H,33,39)/t21-,24+,26+,28+/m1/s1. The molecule has 6 rings (SSSR count). The number of carbonyl (C=O) groups is 2. The second-order valence-corrected chi connectivity index (χ2v) is 12.5. The third-order valence-electron chi connectivity index (χ3n) is 9.28. The van der Waals surface area contributed by atoms with E-state index in [1.54, 1.807) is 12.1 Å². The van der Waals surface area contributed by atoms with Crippen molar-refractivity contribution in [3.63, 3.8) is 0 Å². The van der Waals surface area contributed by atoms with Gasteiger partial charge in [0.15, 0.2) is 0 Å². The molecular formula is C31H44N6O4. The van der Waals surface area contributed by atoms with E-state index in [4.69, 9.17) is 4.74 Å². The maximum atomic E-state index is 13.1. The number of aliphatic hydroxyl groups excluding tert-OH is 1. The molecule has 41 heavy (non-hydrogen) atoms. The summed E-state index contributed by atoms with van der Waals surface area (Å²) in [5.74, 6) is 1.15. The van der Waals surface area contributed by atoms with Crippen LogP contribution in [0, 0.1) is 24.2 Å². The molecule has 10 heteroatoms. The molecule has 222 valence electrons. The number of aryl methyl sites for hydroxylation is 2. The van der Waals surface area contributed by atoms with Gasteiger partial charge in [-0.15, -0.1) is 5.10 Å². The Labute approximate surface area is 242 Å². The van der Waals surface area contributed by atoms with E-state index in [0.717, 1.165) is 49.5 Å². The average molecular weight is 565 g/mol. The highest BCUT2D eigenvalue weighted by molar-refractivity contribution is 5.98. The van der Waals surface area contributed by atoms with E-state index in [1.807, 2.05) is 23.9 Å². The van der Waals surface area contributed by atoms with Crippen molar-refractivity contribution in [3.8, 4) is 5.75 Å². The molecule has 2 heterocycles. The smallest absolute Gasteiger partial charge is 0.252 e. The van der Waals surface area contributed by atoms with Gasteiger partial charge < -0.3 is 20.5 Å². The van der Waals surface area contributed by atoms with Gasteiger partial charge in [0.25, 0.3) is 5.91 Å². The molecular weight excluding hydrogens is 520 g/mol. The van der Waals surface area contributed by atoms with Crippen molar-refractivity contribution in [2.75, 3.05) is 32.8 Å². The van der Waals surface area contributed by atoms with Crippen molar-refractivity contribution in [1.82, 2.24) is 30.5 Å². The number of aromatic nitrogens is 3. The minimum atomic E-state index is -1.07. The SMILES string of the molecule is Cc1ccc2cc1OCCCn1cc(nn1)CCN(CC1=CC[C@H]3C[C@@H]1C3(C)C)CCNC(=O)[C@H]([C@@H](C)O)NC2=O. The van der Waals surface area contributed by atoms with E-state index in [9.17, 15) is 14.7 Å². The molecule has 4 aliphatic rings. The van der Waals surface area contributed by atoms with E-state index in [2.05, 4.69) is 45.8 Å². The topological polar surface area (TPSA) is 122 Å². The number of hydrogen-bond donors (Lipinski definition) is 3. The zero-order valence-corrected chi connectivity index (χ0v) is 24.7. The summed E-state index contributed by atoms with van der Waals surface area (Å²) in [6.07, 6.45) is 7.26. The summed E-state index contributed by atoms with van der Waals surface area (Å²) >= 11 is 0. The number of benzene rings is 1. The number of nitrogens with one attached hydrogen (secondary N) is 2. The monoisotopic (exact) mass is 564 g/mol. The van der Waals surface area contributed by atoms with Gasteiger partial charge in [-0.3, -0.25) is 19.2 Å². The van der Waals surface area contributed by atoms with Gasteiger partial charge in [-0.1, -0.05) is 36.8 Å². The van der Waals surface area contributed by atoms with Crippen LogP contribution in [0.3, 0.4) is 0 Å². The molecule has 3 aliphatic carbocycles. The molecule has 10 nitrogen and oxygen atoms in total. The van der Waals surface area contributed by atoms with Gasteiger partial charge in [0.05, 0.1) is 18.4 Å². The number of fused-ring (bicyclic) bond motifs is 5. The Morgan fingerprint density at radius 1 is 1.22 bits per heavy atom. The minimum Gasteiger partial charge on any atom is -0.493 e. The number of hydrogen-bond acceptors (Lipinski definition) is 7. The van der Waals surface area contributed by atoms with Gasteiger partial charge in [0.2, 0.25) is 5.91 Å². The van der Waals surface area contributed by atoms with E-state index < -0.39 is 24.0 Å². The summed E-state index contributed by atoms with van der Waals surface area (Å²) < 4.78 is 7.84. The molecule has 1 aromatic carbocycles. The zero-order valence-electron chi connectivity index (χ0n) is 24.7.